The average molecular weight is 396 g/mol. The Morgan fingerprint density at radius 2 is 1.45 bits per heavy atom. The van der Waals surface area contributed by atoms with Crippen molar-refractivity contribution in [3.63, 3.8) is 0 Å². The zero-order valence-electron chi connectivity index (χ0n) is 17.2. The molecule has 0 fully saturated rings. The van der Waals surface area contributed by atoms with Gasteiger partial charge < -0.3 is 16.0 Å². The van der Waals surface area contributed by atoms with Crippen molar-refractivity contribution in [2.45, 2.75) is 33.1 Å². The minimum Gasteiger partial charge on any atom is -0.354 e. The molecule has 0 bridgehead atoms. The van der Waals surface area contributed by atoms with Crippen molar-refractivity contribution in [1.29, 1.82) is 0 Å². The summed E-state index contributed by atoms with van der Waals surface area (Å²) in [6.45, 7) is 6.31. The molecule has 0 aliphatic carbocycles. The first-order valence-corrected chi connectivity index (χ1v) is 9.94. The van der Waals surface area contributed by atoms with Gasteiger partial charge in [0.25, 0.3) is 5.91 Å². The van der Waals surface area contributed by atoms with Gasteiger partial charge in [-0.3, -0.25) is 14.4 Å². The molecule has 0 saturated carbocycles. The third kappa shape index (κ3) is 6.75. The SMILES string of the molecule is CCC(C(=O)NCCNC(=O)c1ccc(NC(=O)C(C)C)cc1)c1ccccc1. The highest BCUT2D eigenvalue weighted by molar-refractivity contribution is 5.96. The van der Waals surface area contributed by atoms with Gasteiger partial charge >= 0.3 is 0 Å². The van der Waals surface area contributed by atoms with Gasteiger partial charge in [-0.25, -0.2) is 0 Å². The number of carbonyl (C=O) groups excluding carboxylic acids is 3. The highest BCUT2D eigenvalue weighted by Crippen LogP contribution is 2.19. The van der Waals surface area contributed by atoms with E-state index < -0.39 is 0 Å². The summed E-state index contributed by atoms with van der Waals surface area (Å²) < 4.78 is 0. The van der Waals surface area contributed by atoms with Crippen LogP contribution >= 0.6 is 0 Å². The van der Waals surface area contributed by atoms with Crippen LogP contribution in [0, 0.1) is 5.92 Å². The Labute approximate surface area is 172 Å². The van der Waals surface area contributed by atoms with Crippen molar-refractivity contribution < 1.29 is 14.4 Å². The number of rotatable bonds is 9. The van der Waals surface area contributed by atoms with E-state index in [-0.39, 0.29) is 29.6 Å². The molecule has 2 aromatic carbocycles. The van der Waals surface area contributed by atoms with E-state index in [0.717, 1.165) is 5.56 Å². The van der Waals surface area contributed by atoms with E-state index in [4.69, 9.17) is 0 Å². The molecule has 3 N–H and O–H groups in total. The Morgan fingerprint density at radius 1 is 0.828 bits per heavy atom. The predicted octanol–water partition coefficient (Wildman–Crippen LogP) is 3.32. The van der Waals surface area contributed by atoms with Crippen molar-refractivity contribution >= 4 is 23.4 Å². The molecule has 2 rings (SSSR count). The molecule has 0 saturated heterocycles. The highest BCUT2D eigenvalue weighted by Gasteiger charge is 2.17. The standard InChI is InChI=1S/C23H29N3O3/c1-4-20(17-8-6-5-7-9-17)23(29)25-15-14-24-22(28)18-10-12-19(13-11-18)26-21(27)16(2)3/h5-13,16,20H,4,14-15H2,1-3H3,(H,24,28)(H,25,29)(H,26,27). The van der Waals surface area contributed by atoms with Gasteiger partial charge in [0.2, 0.25) is 11.8 Å². The summed E-state index contributed by atoms with van der Waals surface area (Å²) in [4.78, 5) is 36.3. The lowest BCUT2D eigenvalue weighted by atomic mass is 9.96. The first-order chi connectivity index (χ1) is 13.9. The number of carbonyl (C=O) groups is 3. The highest BCUT2D eigenvalue weighted by atomic mass is 16.2. The monoisotopic (exact) mass is 395 g/mol. The lowest BCUT2D eigenvalue weighted by molar-refractivity contribution is -0.122. The number of nitrogens with one attached hydrogen (secondary N) is 3. The first kappa shape index (κ1) is 22.1. The molecule has 3 amide bonds. The van der Waals surface area contributed by atoms with Crippen molar-refractivity contribution in [1.82, 2.24) is 10.6 Å². The maximum absolute atomic E-state index is 12.4. The van der Waals surface area contributed by atoms with Gasteiger partial charge in [0.1, 0.15) is 0 Å². The fourth-order valence-electron chi connectivity index (χ4n) is 2.84. The van der Waals surface area contributed by atoms with E-state index in [1.165, 1.54) is 0 Å². The van der Waals surface area contributed by atoms with Crippen LogP contribution in [0.1, 0.15) is 49.0 Å². The van der Waals surface area contributed by atoms with Crippen molar-refractivity contribution in [3.8, 4) is 0 Å². The summed E-state index contributed by atoms with van der Waals surface area (Å²) >= 11 is 0. The topological polar surface area (TPSA) is 87.3 Å². The van der Waals surface area contributed by atoms with Crippen molar-refractivity contribution in [2.75, 3.05) is 18.4 Å². The van der Waals surface area contributed by atoms with Crippen LogP contribution in [0.4, 0.5) is 5.69 Å². The third-order valence-electron chi connectivity index (χ3n) is 4.58. The summed E-state index contributed by atoms with van der Waals surface area (Å²) in [6.07, 6.45) is 0.710. The summed E-state index contributed by atoms with van der Waals surface area (Å²) in [7, 11) is 0. The van der Waals surface area contributed by atoms with Gasteiger partial charge in [-0.2, -0.15) is 0 Å². The molecule has 6 nitrogen and oxygen atoms in total. The molecule has 29 heavy (non-hydrogen) atoms. The summed E-state index contributed by atoms with van der Waals surface area (Å²) in [5.41, 5.74) is 2.13. The number of hydrogen-bond acceptors (Lipinski definition) is 3. The van der Waals surface area contributed by atoms with Crippen LogP contribution in [0.3, 0.4) is 0 Å². The molecule has 2 aromatic rings. The predicted molar refractivity (Wildman–Crippen MR) is 115 cm³/mol. The van der Waals surface area contributed by atoms with Gasteiger partial charge in [0.15, 0.2) is 0 Å². The van der Waals surface area contributed by atoms with Gasteiger partial charge in [-0.1, -0.05) is 51.1 Å². The molecule has 0 aromatic heterocycles. The van der Waals surface area contributed by atoms with Crippen LogP contribution in [0.2, 0.25) is 0 Å². The minimum absolute atomic E-state index is 0.0433. The normalized spacial score (nSPS) is 11.6. The molecule has 1 atom stereocenters. The Balaban J connectivity index is 1.78. The number of anilines is 1. The summed E-state index contributed by atoms with van der Waals surface area (Å²) in [5, 5.41) is 8.45. The maximum Gasteiger partial charge on any atom is 0.251 e. The van der Waals surface area contributed by atoms with E-state index in [1.807, 2.05) is 51.1 Å². The lowest BCUT2D eigenvalue weighted by Gasteiger charge is -2.15. The molecule has 154 valence electrons. The molecule has 0 aliphatic rings. The van der Waals surface area contributed by atoms with Crippen molar-refractivity contribution in [3.05, 3.63) is 65.7 Å². The van der Waals surface area contributed by atoms with Gasteiger partial charge in [0, 0.05) is 30.3 Å². The van der Waals surface area contributed by atoms with Crippen molar-refractivity contribution in [2.24, 2.45) is 5.92 Å². The Morgan fingerprint density at radius 3 is 2.03 bits per heavy atom. The number of amides is 3. The average Bonchev–Trinajstić information content (AvgIpc) is 2.73. The second-order valence-corrected chi connectivity index (χ2v) is 7.14. The van der Waals surface area contributed by atoms with E-state index >= 15 is 0 Å². The maximum atomic E-state index is 12.4. The summed E-state index contributed by atoms with van der Waals surface area (Å²) in [5.74, 6) is -0.643. The summed E-state index contributed by atoms with van der Waals surface area (Å²) in [6, 6.07) is 16.4. The molecule has 1 unspecified atom stereocenters. The minimum atomic E-state index is -0.226. The van der Waals surface area contributed by atoms with Crippen LogP contribution in [0.25, 0.3) is 0 Å². The molecule has 0 spiro atoms. The third-order valence-corrected chi connectivity index (χ3v) is 4.58. The van der Waals surface area contributed by atoms with Crippen LogP contribution < -0.4 is 16.0 Å². The Kier molecular flexibility index (Phi) is 8.40. The zero-order valence-corrected chi connectivity index (χ0v) is 17.2. The van der Waals surface area contributed by atoms with E-state index in [2.05, 4.69) is 16.0 Å². The lowest BCUT2D eigenvalue weighted by Crippen LogP contribution is -2.36. The number of benzene rings is 2. The van der Waals surface area contributed by atoms with E-state index in [1.54, 1.807) is 24.3 Å². The van der Waals surface area contributed by atoms with E-state index in [9.17, 15) is 14.4 Å². The fourth-order valence-corrected chi connectivity index (χ4v) is 2.84. The molecule has 0 heterocycles. The molecule has 0 radical (unpaired) electrons. The second kappa shape index (κ2) is 11.0. The second-order valence-electron chi connectivity index (χ2n) is 7.14. The largest absolute Gasteiger partial charge is 0.354 e. The van der Waals surface area contributed by atoms with Gasteiger partial charge in [-0.15, -0.1) is 0 Å². The van der Waals surface area contributed by atoms with Gasteiger partial charge in [-0.05, 0) is 36.2 Å². The van der Waals surface area contributed by atoms with Crippen LogP contribution in [0.15, 0.2) is 54.6 Å². The fraction of sp³-hybridized carbons (Fsp3) is 0.348. The smallest absolute Gasteiger partial charge is 0.251 e. The molecular formula is C23H29N3O3. The molecule has 6 heteroatoms. The first-order valence-electron chi connectivity index (χ1n) is 9.94. The Hall–Kier alpha value is -3.15. The number of hydrogen-bond donors (Lipinski definition) is 3. The Bertz CT molecular complexity index is 817. The van der Waals surface area contributed by atoms with Crippen LogP contribution in [0.5, 0.6) is 0 Å². The molecule has 0 aliphatic heterocycles. The molecular weight excluding hydrogens is 366 g/mol. The van der Waals surface area contributed by atoms with E-state index in [0.29, 0.717) is 30.8 Å². The van der Waals surface area contributed by atoms with Gasteiger partial charge in [0.05, 0.1) is 5.92 Å². The van der Waals surface area contributed by atoms with Crippen LogP contribution in [-0.2, 0) is 9.59 Å². The quantitative estimate of drug-likeness (QED) is 0.569. The van der Waals surface area contributed by atoms with Crippen LogP contribution in [-0.4, -0.2) is 30.8 Å². The zero-order chi connectivity index (χ0) is 21.2.